The van der Waals surface area contributed by atoms with Gasteiger partial charge < -0.3 is 9.47 Å². The van der Waals surface area contributed by atoms with Gasteiger partial charge in [-0.2, -0.15) is 0 Å². The first-order chi connectivity index (χ1) is 9.81. The summed E-state index contributed by atoms with van der Waals surface area (Å²) < 4.78 is 11.3. The molecule has 3 heteroatoms. The number of hydrogen-bond acceptors (Lipinski definition) is 3. The Morgan fingerprint density at radius 3 is 2.62 bits per heavy atom. The Kier molecular flexibility index (Phi) is 5.15. The monoisotopic (exact) mass is 296 g/mol. The Balaban J connectivity index is 2.12. The molecule has 0 aromatic carbocycles. The summed E-state index contributed by atoms with van der Waals surface area (Å²) in [5.41, 5.74) is 0.445. The highest BCUT2D eigenvalue weighted by Gasteiger charge is 2.54. The largest absolute Gasteiger partial charge is 0.353 e. The Bertz CT molecular complexity index is 377. The van der Waals surface area contributed by atoms with Gasteiger partial charge in [0.2, 0.25) is 0 Å². The van der Waals surface area contributed by atoms with E-state index in [1.165, 1.54) is 12.8 Å². The van der Waals surface area contributed by atoms with Crippen LogP contribution in [0.25, 0.3) is 0 Å². The minimum Gasteiger partial charge on any atom is -0.353 e. The van der Waals surface area contributed by atoms with E-state index in [1.807, 2.05) is 13.8 Å². The smallest absolute Gasteiger partial charge is 0.154 e. The molecule has 0 bridgehead atoms. The predicted molar refractivity (Wildman–Crippen MR) is 84.0 cm³/mol. The van der Waals surface area contributed by atoms with Crippen molar-refractivity contribution in [1.82, 2.24) is 0 Å². The Labute approximate surface area is 129 Å². The molecule has 0 amide bonds. The molecule has 3 unspecified atom stereocenters. The number of carbonyl (C=O) groups is 1. The van der Waals surface area contributed by atoms with E-state index >= 15 is 0 Å². The van der Waals surface area contributed by atoms with Gasteiger partial charge in [0.15, 0.2) is 6.29 Å². The third kappa shape index (κ3) is 3.34. The molecule has 0 aromatic rings. The molecule has 2 aliphatic rings. The van der Waals surface area contributed by atoms with Crippen LogP contribution in [0.3, 0.4) is 0 Å². The average Bonchev–Trinajstić information content (AvgIpc) is 2.37. The van der Waals surface area contributed by atoms with Gasteiger partial charge in [-0.3, -0.25) is 4.79 Å². The number of hydrogen-bond donors (Lipinski definition) is 0. The molecular weight excluding hydrogens is 264 g/mol. The van der Waals surface area contributed by atoms with Crippen LogP contribution >= 0.6 is 0 Å². The third-order valence-corrected chi connectivity index (χ3v) is 6.04. The minimum absolute atomic E-state index is 0.0405. The molecule has 0 heterocycles. The number of Topliss-reactive ketones (excluding diaryl/α,β-unsaturated/α-hetero) is 1. The Morgan fingerprint density at radius 1 is 1.24 bits per heavy atom. The van der Waals surface area contributed by atoms with Crippen molar-refractivity contribution in [2.45, 2.75) is 73.0 Å². The number of carbonyl (C=O) groups excluding carboxylic acids is 1. The van der Waals surface area contributed by atoms with E-state index in [1.54, 1.807) is 0 Å². The van der Waals surface area contributed by atoms with E-state index < -0.39 is 0 Å². The zero-order chi connectivity index (χ0) is 15.7. The maximum absolute atomic E-state index is 12.5. The van der Waals surface area contributed by atoms with Crippen molar-refractivity contribution in [3.8, 4) is 0 Å². The maximum atomic E-state index is 12.5. The summed E-state index contributed by atoms with van der Waals surface area (Å²) in [6, 6.07) is 0. The van der Waals surface area contributed by atoms with Crippen molar-refractivity contribution >= 4 is 5.78 Å². The van der Waals surface area contributed by atoms with Crippen molar-refractivity contribution in [3.63, 3.8) is 0 Å². The fourth-order valence-corrected chi connectivity index (χ4v) is 4.93. The van der Waals surface area contributed by atoms with Gasteiger partial charge in [-0.1, -0.05) is 27.2 Å². The SMILES string of the molecule is CCOC(C)OCC1C(=O)CCC2C(C)(C)CCC[C@]12C. The van der Waals surface area contributed by atoms with Crippen LogP contribution in [0, 0.1) is 22.7 Å². The second kappa shape index (κ2) is 6.37. The van der Waals surface area contributed by atoms with Crippen molar-refractivity contribution in [2.75, 3.05) is 13.2 Å². The molecule has 0 saturated heterocycles. The molecule has 0 aliphatic heterocycles. The van der Waals surface area contributed by atoms with Crippen LogP contribution in [-0.2, 0) is 14.3 Å². The van der Waals surface area contributed by atoms with Crippen LogP contribution in [-0.4, -0.2) is 25.3 Å². The summed E-state index contributed by atoms with van der Waals surface area (Å²) in [6.07, 6.45) is 5.22. The molecule has 3 nitrogen and oxygen atoms in total. The molecule has 0 radical (unpaired) electrons. The second-order valence-electron chi connectivity index (χ2n) is 7.81. The normalized spacial score (nSPS) is 37.1. The van der Waals surface area contributed by atoms with Crippen LogP contribution in [0.4, 0.5) is 0 Å². The lowest BCUT2D eigenvalue weighted by Crippen LogP contribution is -2.53. The molecule has 2 aliphatic carbocycles. The number of rotatable bonds is 5. The molecular formula is C18H32O3. The van der Waals surface area contributed by atoms with Gasteiger partial charge in [-0.15, -0.1) is 0 Å². The topological polar surface area (TPSA) is 35.5 Å². The van der Waals surface area contributed by atoms with Gasteiger partial charge in [0.1, 0.15) is 5.78 Å². The molecule has 21 heavy (non-hydrogen) atoms. The highest BCUT2D eigenvalue weighted by atomic mass is 16.7. The first-order valence-corrected chi connectivity index (χ1v) is 8.57. The molecule has 0 aromatic heterocycles. The summed E-state index contributed by atoms with van der Waals surface area (Å²) in [7, 11) is 0. The lowest BCUT2D eigenvalue weighted by atomic mass is 9.48. The van der Waals surface area contributed by atoms with Gasteiger partial charge in [0, 0.05) is 18.9 Å². The Morgan fingerprint density at radius 2 is 1.95 bits per heavy atom. The molecule has 0 N–H and O–H groups in total. The van der Waals surface area contributed by atoms with Crippen molar-refractivity contribution in [1.29, 1.82) is 0 Å². The molecule has 0 spiro atoms. The van der Waals surface area contributed by atoms with Crippen molar-refractivity contribution in [2.24, 2.45) is 22.7 Å². The van der Waals surface area contributed by atoms with E-state index in [0.29, 0.717) is 30.3 Å². The van der Waals surface area contributed by atoms with Gasteiger partial charge in [-0.25, -0.2) is 0 Å². The summed E-state index contributed by atoms with van der Waals surface area (Å²) in [4.78, 5) is 12.5. The van der Waals surface area contributed by atoms with Crippen LogP contribution < -0.4 is 0 Å². The lowest BCUT2D eigenvalue weighted by Gasteiger charge is -2.56. The molecule has 2 rings (SSSR count). The van der Waals surface area contributed by atoms with Crippen LogP contribution in [0.15, 0.2) is 0 Å². The molecule has 4 atom stereocenters. The highest BCUT2D eigenvalue weighted by Crippen LogP contribution is 2.58. The van der Waals surface area contributed by atoms with Gasteiger partial charge in [0.25, 0.3) is 0 Å². The van der Waals surface area contributed by atoms with E-state index in [2.05, 4.69) is 20.8 Å². The fourth-order valence-electron chi connectivity index (χ4n) is 4.93. The minimum atomic E-state index is -0.219. The van der Waals surface area contributed by atoms with Crippen LogP contribution in [0.5, 0.6) is 0 Å². The average molecular weight is 296 g/mol. The van der Waals surface area contributed by atoms with E-state index in [4.69, 9.17) is 9.47 Å². The quantitative estimate of drug-likeness (QED) is 0.713. The molecule has 2 fully saturated rings. The lowest BCUT2D eigenvalue weighted by molar-refractivity contribution is -0.172. The predicted octanol–water partition coefficient (Wildman–Crippen LogP) is 4.20. The summed E-state index contributed by atoms with van der Waals surface area (Å²) >= 11 is 0. The standard InChI is InChI=1S/C18H32O3/c1-6-20-13(2)21-12-14-15(19)8-9-16-17(3,4)10-7-11-18(14,16)5/h13-14,16H,6-12H2,1-5H3/t13?,14?,16?,18-/m1/s1. The third-order valence-electron chi connectivity index (χ3n) is 6.04. The maximum Gasteiger partial charge on any atom is 0.154 e. The van der Waals surface area contributed by atoms with Crippen LogP contribution in [0.1, 0.15) is 66.7 Å². The zero-order valence-corrected chi connectivity index (χ0v) is 14.4. The Hall–Kier alpha value is -0.410. The fraction of sp³-hybridized carbons (Fsp3) is 0.944. The van der Waals surface area contributed by atoms with E-state index in [9.17, 15) is 4.79 Å². The number of ketones is 1. The summed E-state index contributed by atoms with van der Waals surface area (Å²) in [5, 5.41) is 0. The van der Waals surface area contributed by atoms with Crippen LogP contribution in [0.2, 0.25) is 0 Å². The van der Waals surface area contributed by atoms with E-state index in [-0.39, 0.29) is 17.6 Å². The second-order valence-corrected chi connectivity index (χ2v) is 7.81. The summed E-state index contributed by atoms with van der Waals surface area (Å²) in [6.45, 7) is 12.1. The van der Waals surface area contributed by atoms with Gasteiger partial charge >= 0.3 is 0 Å². The van der Waals surface area contributed by atoms with Gasteiger partial charge in [0.05, 0.1) is 6.61 Å². The van der Waals surface area contributed by atoms with E-state index in [0.717, 1.165) is 19.3 Å². The molecule has 122 valence electrons. The molecule has 2 saturated carbocycles. The highest BCUT2D eigenvalue weighted by molar-refractivity contribution is 5.83. The van der Waals surface area contributed by atoms with Gasteiger partial charge in [-0.05, 0) is 49.9 Å². The zero-order valence-electron chi connectivity index (χ0n) is 14.4. The summed E-state index contributed by atoms with van der Waals surface area (Å²) in [5.74, 6) is 1.07. The number of fused-ring (bicyclic) bond motifs is 1. The van der Waals surface area contributed by atoms with Crippen molar-refractivity contribution < 1.29 is 14.3 Å². The number of ether oxygens (including phenoxy) is 2. The first-order valence-electron chi connectivity index (χ1n) is 8.57. The first kappa shape index (κ1) is 17.0. The van der Waals surface area contributed by atoms with Crippen molar-refractivity contribution in [3.05, 3.63) is 0 Å².